The van der Waals surface area contributed by atoms with Crippen LogP contribution in [0, 0.1) is 0 Å². The highest BCUT2D eigenvalue weighted by molar-refractivity contribution is 7.85. The number of para-hydroxylation sites is 1. The van der Waals surface area contributed by atoms with Crippen LogP contribution in [0.5, 0.6) is 11.5 Å². The van der Waals surface area contributed by atoms with Gasteiger partial charge in [0.05, 0.1) is 4.90 Å². The number of hydrogen-bond donors (Lipinski definition) is 1. The lowest BCUT2D eigenvalue weighted by atomic mass is 10.0. The maximum atomic E-state index is 11.6. The van der Waals surface area contributed by atoms with Crippen molar-refractivity contribution in [2.75, 3.05) is 0 Å². The maximum absolute atomic E-state index is 11.6. The fraction of sp³-hybridized carbons (Fsp3) is 0.429. The molecule has 142 valence electrons. The van der Waals surface area contributed by atoms with Crippen molar-refractivity contribution in [2.45, 2.75) is 63.2 Å². The second-order valence-corrected chi connectivity index (χ2v) is 8.00. The van der Waals surface area contributed by atoms with Crippen LogP contribution < -0.4 is 4.74 Å². The minimum Gasteiger partial charge on any atom is -0.457 e. The summed E-state index contributed by atoms with van der Waals surface area (Å²) in [5.74, 6) is 1.05. The van der Waals surface area contributed by atoms with Crippen molar-refractivity contribution < 1.29 is 17.7 Å². The average Bonchev–Trinajstić information content (AvgIpc) is 2.61. The molecule has 5 heteroatoms. The van der Waals surface area contributed by atoms with E-state index in [1.807, 2.05) is 24.3 Å². The molecule has 0 atom stereocenters. The third-order valence-electron chi connectivity index (χ3n) is 4.29. The Balaban J connectivity index is 2.02. The number of benzene rings is 2. The molecule has 0 heterocycles. The van der Waals surface area contributed by atoms with Crippen LogP contribution in [0.3, 0.4) is 0 Å². The van der Waals surface area contributed by atoms with Crippen LogP contribution in [0.2, 0.25) is 0 Å². The normalized spacial score (nSPS) is 11.5. The van der Waals surface area contributed by atoms with Gasteiger partial charge in [-0.05, 0) is 42.7 Å². The molecule has 0 bridgehead atoms. The molecule has 0 aliphatic heterocycles. The Kier molecular flexibility index (Phi) is 8.13. The fourth-order valence-electron chi connectivity index (χ4n) is 2.89. The Morgan fingerprint density at radius 3 is 2.15 bits per heavy atom. The average molecular weight is 377 g/mol. The minimum atomic E-state index is -4.27. The highest BCUT2D eigenvalue weighted by Gasteiger charge is 2.13. The first-order valence-electron chi connectivity index (χ1n) is 9.33. The van der Waals surface area contributed by atoms with Crippen LogP contribution in [0.4, 0.5) is 0 Å². The summed E-state index contributed by atoms with van der Waals surface area (Å²) in [5.41, 5.74) is 0.861. The van der Waals surface area contributed by atoms with Gasteiger partial charge in [0.15, 0.2) is 0 Å². The van der Waals surface area contributed by atoms with E-state index in [1.165, 1.54) is 44.2 Å². The van der Waals surface area contributed by atoms with E-state index in [2.05, 4.69) is 6.92 Å². The van der Waals surface area contributed by atoms with Crippen molar-refractivity contribution in [3.63, 3.8) is 0 Å². The lowest BCUT2D eigenvalue weighted by Gasteiger charge is -2.10. The number of unbranched alkanes of at least 4 members (excludes halogenated alkanes) is 6. The zero-order valence-electron chi connectivity index (χ0n) is 15.4. The summed E-state index contributed by atoms with van der Waals surface area (Å²) in [7, 11) is -4.27. The van der Waals surface area contributed by atoms with Gasteiger partial charge >= 0.3 is 0 Å². The quantitative estimate of drug-likeness (QED) is 0.385. The molecule has 0 aromatic heterocycles. The van der Waals surface area contributed by atoms with E-state index in [0.717, 1.165) is 24.8 Å². The van der Waals surface area contributed by atoms with Crippen LogP contribution in [0.1, 0.15) is 57.4 Å². The summed E-state index contributed by atoms with van der Waals surface area (Å²) in [4.78, 5) is -0.121. The first kappa shape index (κ1) is 20.5. The van der Waals surface area contributed by atoms with Gasteiger partial charge < -0.3 is 4.74 Å². The third-order valence-corrected chi connectivity index (χ3v) is 5.12. The van der Waals surface area contributed by atoms with Crippen LogP contribution >= 0.6 is 0 Å². The van der Waals surface area contributed by atoms with Gasteiger partial charge in [-0.2, -0.15) is 8.42 Å². The molecule has 0 unspecified atom stereocenters. The highest BCUT2D eigenvalue weighted by Crippen LogP contribution is 2.27. The van der Waals surface area contributed by atoms with Crippen molar-refractivity contribution in [3.8, 4) is 11.5 Å². The van der Waals surface area contributed by atoms with E-state index in [4.69, 9.17) is 4.74 Å². The number of ether oxygens (including phenoxy) is 1. The van der Waals surface area contributed by atoms with E-state index < -0.39 is 10.1 Å². The van der Waals surface area contributed by atoms with E-state index in [0.29, 0.717) is 11.5 Å². The van der Waals surface area contributed by atoms with Crippen molar-refractivity contribution in [3.05, 3.63) is 54.1 Å². The molecular weight excluding hydrogens is 348 g/mol. The SMILES string of the molecule is CCCCCCCCCc1cc(Oc2ccccc2)cc(S(=O)(=O)O)c1. The number of aryl methyl sites for hydroxylation is 1. The lowest BCUT2D eigenvalue weighted by molar-refractivity contribution is 0.470. The molecule has 26 heavy (non-hydrogen) atoms. The summed E-state index contributed by atoms with van der Waals surface area (Å²) in [5, 5.41) is 0. The smallest absolute Gasteiger partial charge is 0.294 e. The van der Waals surface area contributed by atoms with E-state index in [-0.39, 0.29) is 4.90 Å². The standard InChI is InChI=1S/C21H28O4S/c1-2-3-4-5-6-7-9-12-18-15-20(17-21(16-18)26(22,23)24)25-19-13-10-8-11-14-19/h8,10-11,13-17H,2-7,9,12H2,1H3,(H,22,23,24). The Bertz CT molecular complexity index is 770. The summed E-state index contributed by atoms with van der Waals surface area (Å²) >= 11 is 0. The highest BCUT2D eigenvalue weighted by atomic mass is 32.2. The molecule has 0 aliphatic rings. The summed E-state index contributed by atoms with van der Waals surface area (Å²) in [6, 6.07) is 13.9. The molecule has 0 aliphatic carbocycles. The minimum absolute atomic E-state index is 0.121. The zero-order valence-corrected chi connectivity index (χ0v) is 16.2. The summed E-state index contributed by atoms with van der Waals surface area (Å²) in [6.07, 6.45) is 9.14. The predicted molar refractivity (Wildman–Crippen MR) is 104 cm³/mol. The van der Waals surface area contributed by atoms with Gasteiger partial charge in [0.2, 0.25) is 0 Å². The Hall–Kier alpha value is -1.85. The summed E-state index contributed by atoms with van der Waals surface area (Å²) < 4.78 is 38.3. The van der Waals surface area contributed by atoms with Crippen LogP contribution in [-0.4, -0.2) is 13.0 Å². The second kappa shape index (κ2) is 10.3. The molecule has 0 amide bonds. The zero-order chi connectivity index (χ0) is 18.8. The maximum Gasteiger partial charge on any atom is 0.294 e. The Labute approximate surface area is 157 Å². The van der Waals surface area contributed by atoms with Crippen molar-refractivity contribution >= 4 is 10.1 Å². The van der Waals surface area contributed by atoms with Crippen LogP contribution in [0.25, 0.3) is 0 Å². The van der Waals surface area contributed by atoms with Gasteiger partial charge in [-0.15, -0.1) is 0 Å². The third kappa shape index (κ3) is 7.18. The molecule has 0 saturated heterocycles. The molecule has 0 spiro atoms. The van der Waals surface area contributed by atoms with Gasteiger partial charge in [-0.25, -0.2) is 0 Å². The van der Waals surface area contributed by atoms with Gasteiger partial charge in [0.1, 0.15) is 11.5 Å². The Morgan fingerprint density at radius 1 is 0.846 bits per heavy atom. The van der Waals surface area contributed by atoms with Gasteiger partial charge in [-0.3, -0.25) is 4.55 Å². The van der Waals surface area contributed by atoms with Crippen molar-refractivity contribution in [1.82, 2.24) is 0 Å². The van der Waals surface area contributed by atoms with E-state index >= 15 is 0 Å². The van der Waals surface area contributed by atoms with Crippen LogP contribution in [0.15, 0.2) is 53.4 Å². The molecule has 0 saturated carbocycles. The molecule has 2 aromatic carbocycles. The molecule has 1 N–H and O–H groups in total. The molecule has 0 radical (unpaired) electrons. The summed E-state index contributed by atoms with van der Waals surface area (Å²) in [6.45, 7) is 2.21. The first-order valence-corrected chi connectivity index (χ1v) is 10.8. The molecule has 2 rings (SSSR count). The first-order chi connectivity index (χ1) is 12.5. The van der Waals surface area contributed by atoms with Crippen molar-refractivity contribution in [2.24, 2.45) is 0 Å². The monoisotopic (exact) mass is 376 g/mol. The van der Waals surface area contributed by atoms with Crippen LogP contribution in [-0.2, 0) is 16.5 Å². The van der Waals surface area contributed by atoms with Gasteiger partial charge in [0, 0.05) is 6.07 Å². The molecule has 0 fully saturated rings. The second-order valence-electron chi connectivity index (χ2n) is 6.57. The van der Waals surface area contributed by atoms with Gasteiger partial charge in [-0.1, -0.05) is 63.6 Å². The molecular formula is C21H28O4S. The van der Waals surface area contributed by atoms with Gasteiger partial charge in [0.25, 0.3) is 10.1 Å². The largest absolute Gasteiger partial charge is 0.457 e. The lowest BCUT2D eigenvalue weighted by Crippen LogP contribution is -2.00. The predicted octanol–water partition coefficient (Wildman–Crippen LogP) is 6.02. The van der Waals surface area contributed by atoms with E-state index in [9.17, 15) is 13.0 Å². The number of rotatable bonds is 11. The number of hydrogen-bond acceptors (Lipinski definition) is 3. The fourth-order valence-corrected chi connectivity index (χ4v) is 3.46. The Morgan fingerprint density at radius 2 is 1.50 bits per heavy atom. The van der Waals surface area contributed by atoms with Crippen molar-refractivity contribution in [1.29, 1.82) is 0 Å². The van der Waals surface area contributed by atoms with E-state index in [1.54, 1.807) is 12.1 Å². The molecule has 2 aromatic rings. The molecule has 4 nitrogen and oxygen atoms in total. The topological polar surface area (TPSA) is 63.6 Å².